The van der Waals surface area contributed by atoms with E-state index in [2.05, 4.69) is 10.6 Å². The summed E-state index contributed by atoms with van der Waals surface area (Å²) in [5.74, 6) is 0.392. The molecule has 0 heterocycles. The summed E-state index contributed by atoms with van der Waals surface area (Å²) in [5, 5.41) is 6.55. The predicted molar refractivity (Wildman–Crippen MR) is 107 cm³/mol. The number of nitrogens with one attached hydrogen (secondary N) is 2. The SMILES string of the molecule is CCC(C)Oc1ccc(C(=O)NC(=S)Nc2cc(Cl)ccc2Cl)cc1. The van der Waals surface area contributed by atoms with Crippen LogP contribution in [0.15, 0.2) is 42.5 Å². The second-order valence-electron chi connectivity index (χ2n) is 5.39. The van der Waals surface area contributed by atoms with E-state index in [0.717, 1.165) is 12.2 Å². The molecule has 1 atom stereocenters. The molecule has 2 rings (SSSR count). The van der Waals surface area contributed by atoms with Gasteiger partial charge in [-0.25, -0.2) is 0 Å². The van der Waals surface area contributed by atoms with Crippen molar-refractivity contribution in [2.24, 2.45) is 0 Å². The Hall–Kier alpha value is -1.82. The van der Waals surface area contributed by atoms with Gasteiger partial charge >= 0.3 is 0 Å². The molecule has 1 amide bonds. The fourth-order valence-corrected chi connectivity index (χ4v) is 2.46. The quantitative estimate of drug-likeness (QED) is 0.673. The van der Waals surface area contributed by atoms with E-state index in [1.54, 1.807) is 42.5 Å². The molecular weight excluding hydrogens is 379 g/mol. The number of carbonyl (C=O) groups is 1. The Bertz CT molecular complexity index is 766. The number of rotatable bonds is 5. The summed E-state index contributed by atoms with van der Waals surface area (Å²) in [6, 6.07) is 11.8. The Labute approximate surface area is 162 Å². The minimum atomic E-state index is -0.328. The number of hydrogen-bond acceptors (Lipinski definition) is 3. The lowest BCUT2D eigenvalue weighted by atomic mass is 10.2. The lowest BCUT2D eigenvalue weighted by Gasteiger charge is -2.13. The molecule has 0 spiro atoms. The van der Waals surface area contributed by atoms with Crippen LogP contribution in [0.2, 0.25) is 10.0 Å². The molecule has 0 aromatic heterocycles. The van der Waals surface area contributed by atoms with Crippen LogP contribution < -0.4 is 15.4 Å². The zero-order chi connectivity index (χ0) is 18.4. The lowest BCUT2D eigenvalue weighted by Crippen LogP contribution is -2.34. The number of benzene rings is 2. The number of thiocarbonyl (C=S) groups is 1. The highest BCUT2D eigenvalue weighted by Gasteiger charge is 2.10. The molecule has 7 heteroatoms. The number of ether oxygens (including phenoxy) is 1. The van der Waals surface area contributed by atoms with E-state index < -0.39 is 0 Å². The maximum absolute atomic E-state index is 12.2. The Kier molecular flexibility index (Phi) is 7.05. The summed E-state index contributed by atoms with van der Waals surface area (Å²) in [4.78, 5) is 12.2. The first-order valence-electron chi connectivity index (χ1n) is 7.73. The Morgan fingerprint density at radius 2 is 1.88 bits per heavy atom. The van der Waals surface area contributed by atoms with Crippen molar-refractivity contribution >= 4 is 52.1 Å². The van der Waals surface area contributed by atoms with E-state index in [4.69, 9.17) is 40.2 Å². The van der Waals surface area contributed by atoms with Gasteiger partial charge in [-0.15, -0.1) is 0 Å². The van der Waals surface area contributed by atoms with E-state index >= 15 is 0 Å². The van der Waals surface area contributed by atoms with E-state index in [1.165, 1.54) is 0 Å². The first kappa shape index (κ1) is 19.5. The van der Waals surface area contributed by atoms with Crippen LogP contribution >= 0.6 is 35.4 Å². The molecule has 0 saturated carbocycles. The van der Waals surface area contributed by atoms with Gasteiger partial charge in [0.1, 0.15) is 5.75 Å². The van der Waals surface area contributed by atoms with Gasteiger partial charge < -0.3 is 10.1 Å². The van der Waals surface area contributed by atoms with Gasteiger partial charge in [-0.1, -0.05) is 30.1 Å². The summed E-state index contributed by atoms with van der Waals surface area (Å²) >= 11 is 17.1. The van der Waals surface area contributed by atoms with Gasteiger partial charge in [0.05, 0.1) is 16.8 Å². The van der Waals surface area contributed by atoms with Gasteiger partial charge in [-0.05, 0) is 68.0 Å². The highest BCUT2D eigenvalue weighted by Crippen LogP contribution is 2.25. The molecule has 1 unspecified atom stereocenters. The maximum atomic E-state index is 12.2. The average molecular weight is 397 g/mol. The Morgan fingerprint density at radius 1 is 1.20 bits per heavy atom. The minimum Gasteiger partial charge on any atom is -0.491 e. The van der Waals surface area contributed by atoms with E-state index in [9.17, 15) is 4.79 Å². The first-order valence-corrected chi connectivity index (χ1v) is 8.89. The number of hydrogen-bond donors (Lipinski definition) is 2. The molecule has 25 heavy (non-hydrogen) atoms. The van der Waals surface area contributed by atoms with Crippen molar-refractivity contribution in [2.45, 2.75) is 26.4 Å². The molecule has 0 aliphatic rings. The standard InChI is InChI=1S/C18H18Cl2N2O2S/c1-3-11(2)24-14-7-4-12(5-8-14)17(23)22-18(25)21-16-10-13(19)6-9-15(16)20/h4-11H,3H2,1-2H3,(H2,21,22,23,25). The molecule has 2 aromatic carbocycles. The summed E-state index contributed by atoms with van der Waals surface area (Å²) in [5.41, 5.74) is 0.995. The van der Waals surface area contributed by atoms with Crippen LogP contribution in [0.4, 0.5) is 5.69 Å². The van der Waals surface area contributed by atoms with Crippen LogP contribution in [0.25, 0.3) is 0 Å². The van der Waals surface area contributed by atoms with E-state index in [0.29, 0.717) is 21.3 Å². The predicted octanol–water partition coefficient (Wildman–Crippen LogP) is 5.30. The van der Waals surface area contributed by atoms with Crippen molar-refractivity contribution in [1.29, 1.82) is 0 Å². The summed E-state index contributed by atoms with van der Waals surface area (Å²) in [6.07, 6.45) is 1.03. The average Bonchev–Trinajstić information content (AvgIpc) is 2.58. The number of carbonyl (C=O) groups excluding carboxylic acids is 1. The summed E-state index contributed by atoms with van der Waals surface area (Å²) in [6.45, 7) is 4.04. The summed E-state index contributed by atoms with van der Waals surface area (Å²) < 4.78 is 5.69. The van der Waals surface area contributed by atoms with Crippen molar-refractivity contribution in [1.82, 2.24) is 5.32 Å². The summed E-state index contributed by atoms with van der Waals surface area (Å²) in [7, 11) is 0. The van der Waals surface area contributed by atoms with Crippen LogP contribution in [0.3, 0.4) is 0 Å². The molecule has 132 valence electrons. The van der Waals surface area contributed by atoms with Crippen LogP contribution in [-0.2, 0) is 0 Å². The fraction of sp³-hybridized carbons (Fsp3) is 0.222. The molecule has 2 N–H and O–H groups in total. The minimum absolute atomic E-state index is 0.124. The topological polar surface area (TPSA) is 50.4 Å². The first-order chi connectivity index (χ1) is 11.9. The number of amides is 1. The van der Waals surface area contributed by atoms with Crippen molar-refractivity contribution in [3.63, 3.8) is 0 Å². The fourth-order valence-electron chi connectivity index (χ4n) is 1.92. The third kappa shape index (κ3) is 5.88. The van der Waals surface area contributed by atoms with Gasteiger partial charge in [0, 0.05) is 10.6 Å². The number of anilines is 1. The molecule has 4 nitrogen and oxygen atoms in total. The Balaban J connectivity index is 1.96. The van der Waals surface area contributed by atoms with Gasteiger partial charge in [-0.3, -0.25) is 10.1 Å². The van der Waals surface area contributed by atoms with Crippen molar-refractivity contribution in [3.8, 4) is 5.75 Å². The van der Waals surface area contributed by atoms with Crippen molar-refractivity contribution < 1.29 is 9.53 Å². The zero-order valence-corrected chi connectivity index (χ0v) is 16.1. The second-order valence-corrected chi connectivity index (χ2v) is 6.65. The van der Waals surface area contributed by atoms with Crippen LogP contribution in [0.1, 0.15) is 30.6 Å². The Morgan fingerprint density at radius 3 is 2.52 bits per heavy atom. The molecule has 0 aliphatic heterocycles. The third-order valence-corrected chi connectivity index (χ3v) is 4.20. The highest BCUT2D eigenvalue weighted by atomic mass is 35.5. The molecular formula is C18H18Cl2N2O2S. The van der Waals surface area contributed by atoms with Gasteiger partial charge in [0.2, 0.25) is 0 Å². The van der Waals surface area contributed by atoms with Crippen molar-refractivity contribution in [3.05, 3.63) is 58.1 Å². The van der Waals surface area contributed by atoms with Crippen LogP contribution in [0, 0.1) is 0 Å². The largest absolute Gasteiger partial charge is 0.491 e. The molecule has 0 fully saturated rings. The molecule has 0 saturated heterocycles. The van der Waals surface area contributed by atoms with E-state index in [1.807, 2.05) is 13.8 Å². The van der Waals surface area contributed by atoms with Crippen LogP contribution in [-0.4, -0.2) is 17.1 Å². The van der Waals surface area contributed by atoms with Gasteiger partial charge in [-0.2, -0.15) is 0 Å². The zero-order valence-electron chi connectivity index (χ0n) is 13.8. The van der Waals surface area contributed by atoms with Gasteiger partial charge in [0.25, 0.3) is 5.91 Å². The third-order valence-electron chi connectivity index (χ3n) is 3.43. The molecule has 0 radical (unpaired) electrons. The normalized spacial score (nSPS) is 11.5. The second kappa shape index (κ2) is 9.04. The highest BCUT2D eigenvalue weighted by molar-refractivity contribution is 7.80. The van der Waals surface area contributed by atoms with E-state index in [-0.39, 0.29) is 17.1 Å². The molecule has 2 aromatic rings. The van der Waals surface area contributed by atoms with Gasteiger partial charge in [0.15, 0.2) is 5.11 Å². The monoisotopic (exact) mass is 396 g/mol. The maximum Gasteiger partial charge on any atom is 0.257 e. The smallest absolute Gasteiger partial charge is 0.257 e. The number of halogens is 2. The van der Waals surface area contributed by atoms with Crippen LogP contribution in [0.5, 0.6) is 5.75 Å². The lowest BCUT2D eigenvalue weighted by molar-refractivity contribution is 0.0977. The van der Waals surface area contributed by atoms with Crippen molar-refractivity contribution in [2.75, 3.05) is 5.32 Å². The molecule has 0 aliphatic carbocycles. The molecule has 0 bridgehead atoms.